The van der Waals surface area contributed by atoms with Crippen LogP contribution in [0, 0.1) is 0 Å². The summed E-state index contributed by atoms with van der Waals surface area (Å²) in [4.78, 5) is 26.9. The molecule has 3 aliphatic rings. The van der Waals surface area contributed by atoms with Gasteiger partial charge in [0, 0.05) is 49.6 Å². The average molecular weight is 436 g/mol. The maximum absolute atomic E-state index is 13.3. The van der Waals surface area contributed by atoms with E-state index in [-0.39, 0.29) is 18.0 Å². The number of nitrogens with zero attached hydrogens (tertiary/aromatic N) is 6. The van der Waals surface area contributed by atoms with E-state index in [0.717, 1.165) is 55.9 Å². The van der Waals surface area contributed by atoms with Crippen molar-refractivity contribution < 1.29 is 4.79 Å². The zero-order valence-corrected chi connectivity index (χ0v) is 18.1. The number of nitrogens with one attached hydrogen (secondary N) is 2. The molecule has 0 aromatic carbocycles. The minimum Gasteiger partial charge on any atom is -0.339 e. The molecule has 32 heavy (non-hydrogen) atoms. The number of carbonyl (C=O) groups is 1. The van der Waals surface area contributed by atoms with E-state index < -0.39 is 0 Å². The lowest BCUT2D eigenvalue weighted by Gasteiger charge is -2.35. The number of anilines is 3. The molecule has 3 aromatic heterocycles. The fourth-order valence-electron chi connectivity index (χ4n) is 4.94. The largest absolute Gasteiger partial charge is 0.339 e. The zero-order chi connectivity index (χ0) is 21.7. The number of hydrogen-bond acceptors (Lipinski definition) is 7. The highest BCUT2D eigenvalue weighted by Gasteiger charge is 2.37. The van der Waals surface area contributed by atoms with E-state index in [9.17, 15) is 4.79 Å². The molecule has 0 spiro atoms. The van der Waals surface area contributed by atoms with Gasteiger partial charge in [0.25, 0.3) is 0 Å². The van der Waals surface area contributed by atoms with Crippen LogP contribution in [0.4, 0.5) is 17.7 Å². The molecule has 1 amide bonds. The molecule has 1 saturated carbocycles. The van der Waals surface area contributed by atoms with E-state index in [0.29, 0.717) is 24.4 Å². The van der Waals surface area contributed by atoms with Crippen molar-refractivity contribution in [2.24, 2.45) is 5.73 Å². The fourth-order valence-corrected chi connectivity index (χ4v) is 4.94. The van der Waals surface area contributed by atoms with Crippen molar-refractivity contribution in [3.63, 3.8) is 0 Å². The third-order valence-corrected chi connectivity index (χ3v) is 6.79. The molecule has 2 aliphatic heterocycles. The highest BCUT2D eigenvalue weighted by Crippen LogP contribution is 2.39. The molecule has 3 aromatic rings. The van der Waals surface area contributed by atoms with Gasteiger partial charge < -0.3 is 20.9 Å². The maximum atomic E-state index is 13.3. The van der Waals surface area contributed by atoms with E-state index >= 15 is 0 Å². The third-order valence-electron chi connectivity index (χ3n) is 6.79. The Hall–Kier alpha value is -3.14. The Kier molecular flexibility index (Phi) is 4.74. The van der Waals surface area contributed by atoms with Gasteiger partial charge in [-0.2, -0.15) is 15.1 Å². The summed E-state index contributed by atoms with van der Waals surface area (Å²) in [7, 11) is 0. The Morgan fingerprint density at radius 3 is 2.88 bits per heavy atom. The van der Waals surface area contributed by atoms with Gasteiger partial charge in [-0.1, -0.05) is 0 Å². The van der Waals surface area contributed by atoms with Crippen LogP contribution in [0.1, 0.15) is 50.1 Å². The van der Waals surface area contributed by atoms with Crippen LogP contribution >= 0.6 is 0 Å². The second-order valence-corrected chi connectivity index (χ2v) is 9.23. The summed E-state index contributed by atoms with van der Waals surface area (Å²) in [6.07, 6.45) is 8.06. The Morgan fingerprint density at radius 2 is 2.03 bits per heavy atom. The van der Waals surface area contributed by atoms with Gasteiger partial charge >= 0.3 is 0 Å². The Labute approximate surface area is 186 Å². The van der Waals surface area contributed by atoms with Gasteiger partial charge in [0.1, 0.15) is 11.7 Å². The number of nitrogens with two attached hydrogens (primary N) is 1. The van der Waals surface area contributed by atoms with Gasteiger partial charge in [-0.25, -0.2) is 0 Å². The van der Waals surface area contributed by atoms with Crippen molar-refractivity contribution in [2.75, 3.05) is 29.9 Å². The first-order valence-corrected chi connectivity index (χ1v) is 11.6. The third kappa shape index (κ3) is 3.58. The van der Waals surface area contributed by atoms with Crippen LogP contribution in [-0.4, -0.2) is 67.1 Å². The molecule has 10 nitrogen and oxygen atoms in total. The number of aromatic nitrogens is 5. The number of H-pyrrole nitrogens is 1. The summed E-state index contributed by atoms with van der Waals surface area (Å²) in [6.45, 7) is 2.18. The average Bonchev–Trinajstić information content (AvgIpc) is 3.19. The summed E-state index contributed by atoms with van der Waals surface area (Å²) < 4.78 is 1.91. The SMILES string of the molecule is N[C@@H]1CCCN(C(=O)[C@@H]2CCCN2c2nc(Nc3cc(C4CC4)[nH]n3)n3cccc3n2)C1. The van der Waals surface area contributed by atoms with Crippen LogP contribution < -0.4 is 16.0 Å². The lowest BCUT2D eigenvalue weighted by atomic mass is 10.0. The summed E-state index contributed by atoms with van der Waals surface area (Å²) in [5.74, 6) is 2.70. The molecule has 168 valence electrons. The molecule has 6 rings (SSSR count). The van der Waals surface area contributed by atoms with Gasteiger partial charge in [0.15, 0.2) is 5.82 Å². The lowest BCUT2D eigenvalue weighted by Crippen LogP contribution is -2.52. The molecule has 2 saturated heterocycles. The smallest absolute Gasteiger partial charge is 0.245 e. The molecule has 10 heteroatoms. The fraction of sp³-hybridized carbons (Fsp3) is 0.545. The first-order chi connectivity index (χ1) is 15.7. The van der Waals surface area contributed by atoms with E-state index in [1.54, 1.807) is 0 Å². The van der Waals surface area contributed by atoms with Crippen molar-refractivity contribution in [2.45, 2.75) is 56.5 Å². The Balaban J connectivity index is 1.29. The number of aromatic amines is 1. The topological polar surface area (TPSA) is 120 Å². The van der Waals surface area contributed by atoms with Crippen LogP contribution in [0.15, 0.2) is 24.4 Å². The summed E-state index contributed by atoms with van der Waals surface area (Å²) in [6, 6.07) is 5.78. The predicted molar refractivity (Wildman–Crippen MR) is 121 cm³/mol. The molecule has 1 aliphatic carbocycles. The van der Waals surface area contributed by atoms with E-state index in [1.165, 1.54) is 12.8 Å². The monoisotopic (exact) mass is 435 g/mol. The van der Waals surface area contributed by atoms with Crippen LogP contribution in [0.3, 0.4) is 0 Å². The number of likely N-dealkylation sites (tertiary alicyclic amines) is 1. The minimum atomic E-state index is -0.239. The van der Waals surface area contributed by atoms with Crippen LogP contribution in [0.25, 0.3) is 5.65 Å². The summed E-state index contributed by atoms with van der Waals surface area (Å²) in [5.41, 5.74) is 8.07. The number of rotatable bonds is 5. The molecule has 0 radical (unpaired) electrons. The quantitative estimate of drug-likeness (QED) is 0.560. The minimum absolute atomic E-state index is 0.0704. The van der Waals surface area contributed by atoms with Crippen molar-refractivity contribution in [3.8, 4) is 0 Å². The Bertz CT molecular complexity index is 1130. The molecule has 2 atom stereocenters. The Morgan fingerprint density at radius 1 is 1.16 bits per heavy atom. The lowest BCUT2D eigenvalue weighted by molar-refractivity contribution is -0.133. The number of amides is 1. The van der Waals surface area contributed by atoms with Crippen molar-refractivity contribution in [1.82, 2.24) is 29.5 Å². The van der Waals surface area contributed by atoms with Gasteiger partial charge in [0.2, 0.25) is 17.8 Å². The van der Waals surface area contributed by atoms with Crippen LogP contribution in [-0.2, 0) is 4.79 Å². The number of hydrogen-bond donors (Lipinski definition) is 3. The van der Waals surface area contributed by atoms with E-state index in [1.807, 2.05) is 27.6 Å². The molecule has 5 heterocycles. The molecule has 4 N–H and O–H groups in total. The number of piperidine rings is 1. The van der Waals surface area contributed by atoms with E-state index in [2.05, 4.69) is 26.5 Å². The highest BCUT2D eigenvalue weighted by atomic mass is 16.2. The molecule has 3 fully saturated rings. The van der Waals surface area contributed by atoms with Gasteiger partial charge in [0.05, 0.1) is 0 Å². The molecular formula is C22H29N9O. The highest BCUT2D eigenvalue weighted by molar-refractivity contribution is 5.85. The predicted octanol–water partition coefficient (Wildman–Crippen LogP) is 1.99. The van der Waals surface area contributed by atoms with Gasteiger partial charge in [-0.05, 0) is 50.7 Å². The first kappa shape index (κ1) is 19.5. The maximum Gasteiger partial charge on any atom is 0.245 e. The molecule has 0 unspecified atom stereocenters. The van der Waals surface area contributed by atoms with Crippen molar-refractivity contribution >= 4 is 29.3 Å². The second-order valence-electron chi connectivity index (χ2n) is 9.23. The normalized spacial score (nSPS) is 23.8. The second kappa shape index (κ2) is 7.77. The molecular weight excluding hydrogens is 406 g/mol. The standard InChI is InChI=1S/C22H29N9O/c23-15-4-1-9-29(13-15)20(32)17-5-2-10-30(17)22-25-19-6-3-11-31(19)21(26-22)24-18-12-16(27-28-18)14-7-8-14/h3,6,11-12,14-15,17H,1-2,4-5,7-10,13,23H2,(H2,24,25,26,27,28)/t15-,17+/m1/s1. The van der Waals surface area contributed by atoms with Crippen molar-refractivity contribution in [3.05, 3.63) is 30.1 Å². The number of fused-ring (bicyclic) bond motifs is 1. The summed E-state index contributed by atoms with van der Waals surface area (Å²) >= 11 is 0. The first-order valence-electron chi connectivity index (χ1n) is 11.6. The van der Waals surface area contributed by atoms with Gasteiger partial charge in [-0.3, -0.25) is 14.3 Å². The van der Waals surface area contributed by atoms with Crippen LogP contribution in [0.2, 0.25) is 0 Å². The summed E-state index contributed by atoms with van der Waals surface area (Å²) in [5, 5.41) is 10.9. The molecule has 0 bridgehead atoms. The van der Waals surface area contributed by atoms with E-state index in [4.69, 9.17) is 15.7 Å². The zero-order valence-electron chi connectivity index (χ0n) is 18.1. The van der Waals surface area contributed by atoms with Crippen LogP contribution in [0.5, 0.6) is 0 Å². The van der Waals surface area contributed by atoms with Crippen molar-refractivity contribution in [1.29, 1.82) is 0 Å². The number of carbonyl (C=O) groups excluding carboxylic acids is 1. The van der Waals surface area contributed by atoms with Gasteiger partial charge in [-0.15, -0.1) is 0 Å².